The quantitative estimate of drug-likeness (QED) is 0.353. The zero-order valence-electron chi connectivity index (χ0n) is 19.4. The molecule has 1 N–H and O–H groups in total. The molecule has 1 heterocycles. The highest BCUT2D eigenvalue weighted by atomic mass is 16.6. The Bertz CT molecular complexity index is 1060. The van der Waals surface area contributed by atoms with Gasteiger partial charge in [-0.2, -0.15) is 10.2 Å². The van der Waals surface area contributed by atoms with Crippen LogP contribution in [0.3, 0.4) is 0 Å². The Morgan fingerprint density at radius 2 is 1.68 bits per heavy atom. The molecule has 1 aliphatic rings. The van der Waals surface area contributed by atoms with Crippen molar-refractivity contribution < 1.29 is 33.6 Å². The summed E-state index contributed by atoms with van der Waals surface area (Å²) < 4.78 is 27.9. The van der Waals surface area contributed by atoms with E-state index < -0.39 is 30.4 Å². The van der Waals surface area contributed by atoms with Crippen LogP contribution in [-0.4, -0.2) is 50.8 Å². The molecule has 0 radical (unpaired) electrons. The molecule has 0 fully saturated rings. The normalized spacial score (nSPS) is 14.9. The van der Waals surface area contributed by atoms with E-state index in [9.17, 15) is 9.90 Å². The molecule has 2 aromatic carbocycles. The van der Waals surface area contributed by atoms with Crippen LogP contribution in [0.4, 0.5) is 0 Å². The predicted octanol–water partition coefficient (Wildman–Crippen LogP) is 3.70. The van der Waals surface area contributed by atoms with Gasteiger partial charge in [-0.3, -0.25) is 4.79 Å². The fourth-order valence-corrected chi connectivity index (χ4v) is 3.46. The van der Waals surface area contributed by atoms with E-state index in [0.717, 1.165) is 0 Å². The molecule has 9 nitrogen and oxygen atoms in total. The van der Waals surface area contributed by atoms with Crippen LogP contribution in [-0.2, 0) is 9.53 Å². The van der Waals surface area contributed by atoms with Gasteiger partial charge in [-0.25, -0.2) is 0 Å². The highest BCUT2D eigenvalue weighted by Crippen LogP contribution is 2.38. The minimum atomic E-state index is -0.959. The number of benzene rings is 2. The topological polar surface area (TPSA) is 108 Å². The molecule has 9 heteroatoms. The van der Waals surface area contributed by atoms with Crippen LogP contribution in [0.15, 0.2) is 52.7 Å². The van der Waals surface area contributed by atoms with E-state index in [1.54, 1.807) is 42.5 Å². The molecule has 1 aliphatic heterocycles. The lowest BCUT2D eigenvalue weighted by Crippen LogP contribution is -2.33. The average Bonchev–Trinajstić information content (AvgIpc) is 3.64. The van der Waals surface area contributed by atoms with Gasteiger partial charge in [0, 0.05) is 18.4 Å². The summed E-state index contributed by atoms with van der Waals surface area (Å²) in [6.45, 7) is -0.434. The Balaban J connectivity index is 1.86. The summed E-state index contributed by atoms with van der Waals surface area (Å²) in [6, 6.07) is 12.1. The number of carbonyl (C=O) groups is 1. The summed E-state index contributed by atoms with van der Waals surface area (Å²) in [5, 5.41) is 18.1. The number of hydrogen-bond acceptors (Lipinski definition) is 9. The van der Waals surface area contributed by atoms with Gasteiger partial charge in [0.15, 0.2) is 35.2 Å². The van der Waals surface area contributed by atoms with Crippen molar-refractivity contribution in [1.82, 2.24) is 0 Å². The van der Waals surface area contributed by atoms with Crippen LogP contribution in [0.1, 0.15) is 30.9 Å². The zero-order chi connectivity index (χ0) is 24.6. The number of aliphatic hydroxyl groups is 1. The molecule has 0 aromatic heterocycles. The SMILES string of the molecule is C#CCC1(CCC(=O)OC(c2ccc(OC)c(OC)c2)C(CO)Oc2ccccc2OC)N=N1. The van der Waals surface area contributed by atoms with Crippen molar-refractivity contribution in [2.75, 3.05) is 27.9 Å². The second-order valence-electron chi connectivity index (χ2n) is 7.58. The Kier molecular flexibility index (Phi) is 8.33. The first kappa shape index (κ1) is 24.9. The third-order valence-electron chi connectivity index (χ3n) is 5.36. The number of ether oxygens (including phenoxy) is 5. The van der Waals surface area contributed by atoms with Gasteiger partial charge in [0.1, 0.15) is 0 Å². The number of rotatable bonds is 13. The maximum absolute atomic E-state index is 12.8. The third-order valence-corrected chi connectivity index (χ3v) is 5.36. The molecule has 0 saturated carbocycles. The Hall–Kier alpha value is -3.77. The van der Waals surface area contributed by atoms with Gasteiger partial charge in [-0.1, -0.05) is 18.2 Å². The van der Waals surface area contributed by atoms with Crippen molar-refractivity contribution >= 4 is 5.97 Å². The standard InChI is InChI=1S/C25H28N2O7/c1-5-13-25(26-27-25)14-12-23(29)34-24(17-10-11-19(31-3)21(15-17)32-4)22(16-28)33-20-9-7-6-8-18(20)30-2/h1,6-11,15,22,24,28H,12-14,16H2,2-4H3. The lowest BCUT2D eigenvalue weighted by Gasteiger charge is -2.28. The lowest BCUT2D eigenvalue weighted by molar-refractivity contribution is -0.156. The van der Waals surface area contributed by atoms with Gasteiger partial charge < -0.3 is 28.8 Å². The molecule has 2 unspecified atom stereocenters. The molecule has 3 rings (SSSR count). The van der Waals surface area contributed by atoms with Crippen molar-refractivity contribution in [3.8, 4) is 35.3 Å². The first-order valence-electron chi connectivity index (χ1n) is 10.7. The van der Waals surface area contributed by atoms with Gasteiger partial charge >= 0.3 is 5.97 Å². The van der Waals surface area contributed by atoms with Gasteiger partial charge in [-0.05, 0) is 24.3 Å². The highest BCUT2D eigenvalue weighted by Gasteiger charge is 2.40. The molecule has 34 heavy (non-hydrogen) atoms. The first-order valence-corrected chi connectivity index (χ1v) is 10.7. The maximum atomic E-state index is 12.8. The van der Waals surface area contributed by atoms with Crippen LogP contribution in [0.25, 0.3) is 0 Å². The van der Waals surface area contributed by atoms with Crippen molar-refractivity contribution in [1.29, 1.82) is 0 Å². The van der Waals surface area contributed by atoms with E-state index in [2.05, 4.69) is 16.1 Å². The second kappa shape index (κ2) is 11.4. The number of methoxy groups -OCH3 is 3. The predicted molar refractivity (Wildman–Crippen MR) is 123 cm³/mol. The summed E-state index contributed by atoms with van der Waals surface area (Å²) in [5.74, 6) is 3.84. The first-order chi connectivity index (χ1) is 16.5. The smallest absolute Gasteiger partial charge is 0.306 e. The number of terminal acetylenes is 1. The van der Waals surface area contributed by atoms with Crippen molar-refractivity contribution in [3.05, 3.63) is 48.0 Å². The van der Waals surface area contributed by atoms with Crippen molar-refractivity contribution in [2.24, 2.45) is 10.2 Å². The lowest BCUT2D eigenvalue weighted by atomic mass is 10.0. The minimum absolute atomic E-state index is 0.0469. The molecular weight excluding hydrogens is 440 g/mol. The van der Waals surface area contributed by atoms with Crippen molar-refractivity contribution in [3.63, 3.8) is 0 Å². The van der Waals surface area contributed by atoms with Crippen LogP contribution < -0.4 is 18.9 Å². The molecule has 2 aromatic rings. The summed E-state index contributed by atoms with van der Waals surface area (Å²) >= 11 is 0. The van der Waals surface area contributed by atoms with E-state index >= 15 is 0 Å². The average molecular weight is 469 g/mol. The molecule has 0 saturated heterocycles. The number of para-hydroxylation sites is 2. The summed E-state index contributed by atoms with van der Waals surface area (Å²) in [4.78, 5) is 12.8. The highest BCUT2D eigenvalue weighted by molar-refractivity contribution is 5.70. The monoisotopic (exact) mass is 468 g/mol. The minimum Gasteiger partial charge on any atom is -0.493 e. The van der Waals surface area contributed by atoms with Crippen LogP contribution in [0.2, 0.25) is 0 Å². The van der Waals surface area contributed by atoms with E-state index in [1.165, 1.54) is 21.3 Å². The number of aliphatic hydroxyl groups excluding tert-OH is 1. The van der Waals surface area contributed by atoms with Crippen LogP contribution >= 0.6 is 0 Å². The van der Waals surface area contributed by atoms with E-state index in [4.69, 9.17) is 30.1 Å². The van der Waals surface area contributed by atoms with E-state index in [1.807, 2.05) is 0 Å². The Morgan fingerprint density at radius 3 is 2.26 bits per heavy atom. The van der Waals surface area contributed by atoms with Crippen LogP contribution in [0, 0.1) is 12.3 Å². The molecule has 0 aliphatic carbocycles. The van der Waals surface area contributed by atoms with Crippen molar-refractivity contribution in [2.45, 2.75) is 37.1 Å². The maximum Gasteiger partial charge on any atom is 0.306 e. The van der Waals surface area contributed by atoms with Gasteiger partial charge in [0.25, 0.3) is 0 Å². The number of nitrogens with zero attached hydrogens (tertiary/aromatic N) is 2. The molecule has 0 amide bonds. The fourth-order valence-electron chi connectivity index (χ4n) is 3.46. The third kappa shape index (κ3) is 5.97. The van der Waals surface area contributed by atoms with Gasteiger partial charge in [0.2, 0.25) is 5.66 Å². The fraction of sp³-hybridized carbons (Fsp3) is 0.400. The molecular formula is C25H28N2O7. The Labute approximate surface area is 198 Å². The number of carbonyl (C=O) groups excluding carboxylic acids is 1. The molecule has 0 bridgehead atoms. The Morgan fingerprint density at radius 1 is 1.03 bits per heavy atom. The van der Waals surface area contributed by atoms with Crippen LogP contribution in [0.5, 0.6) is 23.0 Å². The van der Waals surface area contributed by atoms with Gasteiger partial charge in [0.05, 0.1) is 34.4 Å². The van der Waals surface area contributed by atoms with E-state index in [-0.39, 0.29) is 6.42 Å². The zero-order valence-corrected chi connectivity index (χ0v) is 19.4. The number of esters is 1. The largest absolute Gasteiger partial charge is 0.493 e. The summed E-state index contributed by atoms with van der Waals surface area (Å²) in [7, 11) is 4.55. The van der Waals surface area contributed by atoms with Gasteiger partial charge in [-0.15, -0.1) is 12.3 Å². The van der Waals surface area contributed by atoms with E-state index in [0.29, 0.717) is 41.4 Å². The number of hydrogen-bond donors (Lipinski definition) is 1. The molecule has 2 atom stereocenters. The summed E-state index contributed by atoms with van der Waals surface area (Å²) in [6.07, 6.45) is 4.18. The molecule has 0 spiro atoms. The second-order valence-corrected chi connectivity index (χ2v) is 7.58. The summed E-state index contributed by atoms with van der Waals surface area (Å²) in [5.41, 5.74) is -0.143. The molecule has 180 valence electrons.